The quantitative estimate of drug-likeness (QED) is 0.413. The lowest BCUT2D eigenvalue weighted by molar-refractivity contribution is -0.134. The van der Waals surface area contributed by atoms with Crippen LogP contribution in [0.3, 0.4) is 0 Å². The Labute approximate surface area is 83.9 Å². The summed E-state index contributed by atoms with van der Waals surface area (Å²) in [5.41, 5.74) is 0.946. The van der Waals surface area contributed by atoms with Gasteiger partial charge in [0.2, 0.25) is 0 Å². The van der Waals surface area contributed by atoms with E-state index in [1.807, 2.05) is 25.1 Å². The monoisotopic (exact) mass is 188 g/mol. The van der Waals surface area contributed by atoms with Crippen LogP contribution >= 0.6 is 0 Å². The van der Waals surface area contributed by atoms with Gasteiger partial charge in [-0.2, -0.15) is 0 Å². The maximum atomic E-state index is 11.2. The van der Waals surface area contributed by atoms with E-state index in [0.29, 0.717) is 12.2 Å². The first-order valence-corrected chi connectivity index (χ1v) is 4.44. The second kappa shape index (κ2) is 5.08. The number of carbonyl (C=O) groups excluding carboxylic acids is 1. The van der Waals surface area contributed by atoms with E-state index >= 15 is 0 Å². The van der Waals surface area contributed by atoms with Crippen molar-refractivity contribution in [2.75, 3.05) is 0 Å². The van der Waals surface area contributed by atoms with E-state index in [2.05, 4.69) is 5.92 Å². The van der Waals surface area contributed by atoms with Crippen LogP contribution in [0.25, 0.3) is 0 Å². The summed E-state index contributed by atoms with van der Waals surface area (Å²) >= 11 is 0. The maximum Gasteiger partial charge on any atom is 0.312 e. The number of hydrogen-bond donors (Lipinski definition) is 0. The van der Waals surface area contributed by atoms with E-state index in [-0.39, 0.29) is 12.4 Å². The fraction of sp³-hybridized carbons (Fsp3) is 0.250. The summed E-state index contributed by atoms with van der Waals surface area (Å²) in [5.74, 6) is 2.72. The summed E-state index contributed by atoms with van der Waals surface area (Å²) in [5, 5.41) is 0. The van der Waals surface area contributed by atoms with Crippen molar-refractivity contribution < 1.29 is 9.53 Å². The molecule has 0 aliphatic rings. The largest absolute Gasteiger partial charge is 0.426 e. The third kappa shape index (κ3) is 2.95. The SMILES string of the molecule is C#CCCC(=O)Oc1ccccc1C. The molecular formula is C12H12O2. The van der Waals surface area contributed by atoms with Crippen molar-refractivity contribution in [1.29, 1.82) is 0 Å². The Morgan fingerprint density at radius 3 is 2.86 bits per heavy atom. The van der Waals surface area contributed by atoms with E-state index < -0.39 is 0 Å². The summed E-state index contributed by atoms with van der Waals surface area (Å²) in [4.78, 5) is 11.2. The first-order chi connectivity index (χ1) is 6.74. The minimum atomic E-state index is -0.280. The molecule has 0 saturated carbocycles. The third-order valence-electron chi connectivity index (χ3n) is 1.79. The molecule has 0 saturated heterocycles. The van der Waals surface area contributed by atoms with Gasteiger partial charge in [0.15, 0.2) is 0 Å². The molecule has 14 heavy (non-hydrogen) atoms. The van der Waals surface area contributed by atoms with Crippen molar-refractivity contribution in [2.24, 2.45) is 0 Å². The molecule has 0 N–H and O–H groups in total. The zero-order valence-electron chi connectivity index (χ0n) is 8.12. The molecular weight excluding hydrogens is 176 g/mol. The lowest BCUT2D eigenvalue weighted by Gasteiger charge is -2.05. The average Bonchev–Trinajstić information content (AvgIpc) is 2.18. The highest BCUT2D eigenvalue weighted by atomic mass is 16.5. The molecule has 2 heteroatoms. The molecule has 0 aliphatic carbocycles. The maximum absolute atomic E-state index is 11.2. The number of terminal acetylenes is 1. The number of aryl methyl sites for hydroxylation is 1. The van der Waals surface area contributed by atoms with Crippen LogP contribution < -0.4 is 4.74 Å². The van der Waals surface area contributed by atoms with Crippen molar-refractivity contribution in [3.8, 4) is 18.1 Å². The van der Waals surface area contributed by atoms with Crippen molar-refractivity contribution in [1.82, 2.24) is 0 Å². The van der Waals surface area contributed by atoms with Crippen LogP contribution in [0.15, 0.2) is 24.3 Å². The van der Waals surface area contributed by atoms with Crippen LogP contribution in [0.4, 0.5) is 0 Å². The van der Waals surface area contributed by atoms with E-state index in [0.717, 1.165) is 5.56 Å². The fourth-order valence-electron chi connectivity index (χ4n) is 1.02. The Bertz CT molecular complexity index is 361. The zero-order chi connectivity index (χ0) is 10.4. The van der Waals surface area contributed by atoms with Crippen LogP contribution in [-0.4, -0.2) is 5.97 Å². The Hall–Kier alpha value is -1.75. The van der Waals surface area contributed by atoms with Crippen molar-refractivity contribution in [3.63, 3.8) is 0 Å². The molecule has 1 aromatic rings. The van der Waals surface area contributed by atoms with Crippen LogP contribution in [0, 0.1) is 19.3 Å². The fourth-order valence-corrected chi connectivity index (χ4v) is 1.02. The molecule has 0 aromatic heterocycles. The molecule has 0 radical (unpaired) electrons. The summed E-state index contributed by atoms with van der Waals surface area (Å²) in [6, 6.07) is 7.39. The number of esters is 1. The van der Waals surface area contributed by atoms with Gasteiger partial charge in [0.1, 0.15) is 5.75 Å². The Balaban J connectivity index is 2.57. The standard InChI is InChI=1S/C12H12O2/c1-3-4-9-12(13)14-11-8-6-5-7-10(11)2/h1,5-8H,4,9H2,2H3. The molecule has 0 amide bonds. The molecule has 1 rings (SSSR count). The van der Waals surface area contributed by atoms with E-state index in [4.69, 9.17) is 11.2 Å². The summed E-state index contributed by atoms with van der Waals surface area (Å²) in [6.07, 6.45) is 5.73. The molecule has 72 valence electrons. The highest BCUT2D eigenvalue weighted by Gasteiger charge is 2.04. The minimum absolute atomic E-state index is 0.269. The van der Waals surface area contributed by atoms with Crippen LogP contribution in [0.5, 0.6) is 5.75 Å². The smallest absolute Gasteiger partial charge is 0.312 e. The number of carbonyl (C=O) groups is 1. The number of rotatable bonds is 3. The summed E-state index contributed by atoms with van der Waals surface area (Å²) in [7, 11) is 0. The normalized spacial score (nSPS) is 9.14. The van der Waals surface area contributed by atoms with Gasteiger partial charge in [-0.1, -0.05) is 18.2 Å². The second-order valence-corrected chi connectivity index (χ2v) is 2.94. The summed E-state index contributed by atoms with van der Waals surface area (Å²) < 4.78 is 5.11. The lowest BCUT2D eigenvalue weighted by Crippen LogP contribution is -2.07. The van der Waals surface area contributed by atoms with Gasteiger partial charge in [0.05, 0.1) is 6.42 Å². The molecule has 0 heterocycles. The molecule has 2 nitrogen and oxygen atoms in total. The number of benzene rings is 1. The van der Waals surface area contributed by atoms with Gasteiger partial charge in [0.25, 0.3) is 0 Å². The van der Waals surface area contributed by atoms with Crippen molar-refractivity contribution >= 4 is 5.97 Å². The second-order valence-electron chi connectivity index (χ2n) is 2.94. The Kier molecular flexibility index (Phi) is 3.75. The first kappa shape index (κ1) is 10.3. The van der Waals surface area contributed by atoms with Gasteiger partial charge < -0.3 is 4.74 Å². The molecule has 0 bridgehead atoms. The third-order valence-corrected chi connectivity index (χ3v) is 1.79. The summed E-state index contributed by atoms with van der Waals surface area (Å²) in [6.45, 7) is 1.89. The highest BCUT2D eigenvalue weighted by molar-refractivity contribution is 5.73. The van der Waals surface area contributed by atoms with E-state index in [1.54, 1.807) is 6.07 Å². The predicted octanol–water partition coefficient (Wildman–Crippen LogP) is 2.31. The number of hydrogen-bond acceptors (Lipinski definition) is 2. The molecule has 0 fully saturated rings. The molecule has 0 unspecified atom stereocenters. The number of ether oxygens (including phenoxy) is 1. The van der Waals surface area contributed by atoms with Gasteiger partial charge in [-0.25, -0.2) is 0 Å². The molecule has 0 aliphatic heterocycles. The van der Waals surface area contributed by atoms with Gasteiger partial charge in [-0.15, -0.1) is 12.3 Å². The average molecular weight is 188 g/mol. The molecule has 0 spiro atoms. The van der Waals surface area contributed by atoms with Crippen LogP contribution in [0.2, 0.25) is 0 Å². The van der Waals surface area contributed by atoms with Gasteiger partial charge >= 0.3 is 5.97 Å². The van der Waals surface area contributed by atoms with Gasteiger partial charge in [0, 0.05) is 6.42 Å². The van der Waals surface area contributed by atoms with E-state index in [9.17, 15) is 4.79 Å². The Morgan fingerprint density at radius 2 is 2.21 bits per heavy atom. The highest BCUT2D eigenvalue weighted by Crippen LogP contribution is 2.16. The van der Waals surface area contributed by atoms with Crippen LogP contribution in [-0.2, 0) is 4.79 Å². The molecule has 0 atom stereocenters. The van der Waals surface area contributed by atoms with Crippen molar-refractivity contribution in [2.45, 2.75) is 19.8 Å². The van der Waals surface area contributed by atoms with Crippen LogP contribution in [0.1, 0.15) is 18.4 Å². The topological polar surface area (TPSA) is 26.3 Å². The predicted molar refractivity (Wildman–Crippen MR) is 54.9 cm³/mol. The van der Waals surface area contributed by atoms with Gasteiger partial charge in [-0.05, 0) is 18.6 Å². The minimum Gasteiger partial charge on any atom is -0.426 e. The Morgan fingerprint density at radius 1 is 1.50 bits per heavy atom. The van der Waals surface area contributed by atoms with Gasteiger partial charge in [-0.3, -0.25) is 4.79 Å². The zero-order valence-corrected chi connectivity index (χ0v) is 8.12. The van der Waals surface area contributed by atoms with Crippen molar-refractivity contribution in [3.05, 3.63) is 29.8 Å². The lowest BCUT2D eigenvalue weighted by atomic mass is 10.2. The number of para-hydroxylation sites is 1. The molecule has 1 aromatic carbocycles. The van der Waals surface area contributed by atoms with E-state index in [1.165, 1.54) is 0 Å². The first-order valence-electron chi connectivity index (χ1n) is 4.44.